The van der Waals surface area contributed by atoms with Gasteiger partial charge in [-0.15, -0.1) is 0 Å². The Morgan fingerprint density at radius 3 is 2.44 bits per heavy atom. The van der Waals surface area contributed by atoms with Crippen molar-refractivity contribution in [3.05, 3.63) is 18.2 Å². The van der Waals surface area contributed by atoms with Gasteiger partial charge < -0.3 is 19.1 Å². The van der Waals surface area contributed by atoms with E-state index in [1.165, 1.54) is 50.8 Å². The molecule has 0 unspecified atom stereocenters. The minimum Gasteiger partial charge on any atom is -0.454 e. The molecule has 0 aromatic heterocycles. The summed E-state index contributed by atoms with van der Waals surface area (Å²) in [5.74, 6) is 4.32. The van der Waals surface area contributed by atoms with Gasteiger partial charge in [0.2, 0.25) is 6.79 Å². The second-order valence-corrected chi connectivity index (χ2v) is 11.0. The first-order chi connectivity index (χ1) is 16.7. The second-order valence-electron chi connectivity index (χ2n) is 11.0. The van der Waals surface area contributed by atoms with Gasteiger partial charge in [0.25, 0.3) is 0 Å². The molecule has 1 aromatic rings. The monoisotopic (exact) mass is 470 g/mol. The highest BCUT2D eigenvalue weighted by Crippen LogP contribution is 2.41. The molecule has 5 rings (SSSR count). The van der Waals surface area contributed by atoms with Crippen molar-refractivity contribution in [2.24, 2.45) is 17.8 Å². The molecule has 3 fully saturated rings. The van der Waals surface area contributed by atoms with Crippen LogP contribution in [0.2, 0.25) is 0 Å². The molecule has 1 aromatic carbocycles. The normalized spacial score (nSPS) is 29.5. The summed E-state index contributed by atoms with van der Waals surface area (Å²) in [6.07, 6.45) is 11.8. The molecule has 6 nitrogen and oxygen atoms in total. The van der Waals surface area contributed by atoms with Gasteiger partial charge in [-0.25, -0.2) is 0 Å². The number of carbonyl (C=O) groups is 1. The Balaban J connectivity index is 0.973. The van der Waals surface area contributed by atoms with Gasteiger partial charge in [0.05, 0.1) is 11.8 Å². The van der Waals surface area contributed by atoms with Crippen LogP contribution in [0.25, 0.3) is 0 Å². The first kappa shape index (κ1) is 23.9. The molecule has 0 N–H and O–H groups in total. The van der Waals surface area contributed by atoms with E-state index in [0.29, 0.717) is 30.5 Å². The van der Waals surface area contributed by atoms with Crippen LogP contribution in [0.3, 0.4) is 0 Å². The maximum atomic E-state index is 12.6. The lowest BCUT2D eigenvalue weighted by Crippen LogP contribution is -2.47. The van der Waals surface area contributed by atoms with Crippen LogP contribution < -0.4 is 14.4 Å². The Bertz CT molecular complexity index is 815. The lowest BCUT2D eigenvalue weighted by atomic mass is 9.78. The minimum absolute atomic E-state index is 0.331. The van der Waals surface area contributed by atoms with E-state index in [-0.39, 0.29) is 0 Å². The molecule has 0 bridgehead atoms. The Kier molecular flexibility index (Phi) is 7.95. The van der Waals surface area contributed by atoms with Crippen LogP contribution in [0, 0.1) is 17.8 Å². The summed E-state index contributed by atoms with van der Waals surface area (Å²) in [4.78, 5) is 17.7. The van der Waals surface area contributed by atoms with E-state index >= 15 is 0 Å². The molecule has 2 aliphatic heterocycles. The van der Waals surface area contributed by atoms with Crippen molar-refractivity contribution in [2.75, 3.05) is 51.5 Å². The molecule has 2 saturated carbocycles. The number of piperazine rings is 1. The topological polar surface area (TPSA) is 51.2 Å². The van der Waals surface area contributed by atoms with Crippen molar-refractivity contribution in [1.82, 2.24) is 4.90 Å². The van der Waals surface area contributed by atoms with Gasteiger partial charge in [0, 0.05) is 46.1 Å². The summed E-state index contributed by atoms with van der Waals surface area (Å²) in [7, 11) is 1.80. The summed E-state index contributed by atoms with van der Waals surface area (Å²) in [6.45, 7) is 5.84. The average molecular weight is 471 g/mol. The predicted molar refractivity (Wildman–Crippen MR) is 134 cm³/mol. The number of benzene rings is 1. The van der Waals surface area contributed by atoms with Crippen LogP contribution in [0.4, 0.5) is 5.69 Å². The molecule has 2 atom stereocenters. The predicted octanol–water partition coefficient (Wildman–Crippen LogP) is 4.90. The number of methoxy groups -OCH3 is 1. The van der Waals surface area contributed by atoms with Gasteiger partial charge in [-0.05, 0) is 75.0 Å². The van der Waals surface area contributed by atoms with Crippen molar-refractivity contribution < 1.29 is 19.0 Å². The van der Waals surface area contributed by atoms with Gasteiger partial charge in [0.15, 0.2) is 11.5 Å². The number of Topliss-reactive ketones (excluding diaryl/α,β-unsaturated/α-hetero) is 1. The summed E-state index contributed by atoms with van der Waals surface area (Å²) in [5, 5.41) is 0. The number of ether oxygens (including phenoxy) is 3. The van der Waals surface area contributed by atoms with Gasteiger partial charge in [-0.1, -0.05) is 18.9 Å². The highest BCUT2D eigenvalue weighted by molar-refractivity contribution is 5.78. The number of carbonyl (C=O) groups excluding carboxylic acids is 1. The number of hydrogen-bond acceptors (Lipinski definition) is 6. The zero-order valence-corrected chi connectivity index (χ0v) is 20.9. The third-order valence-corrected chi connectivity index (χ3v) is 8.77. The number of fused-ring (bicyclic) bond motifs is 1. The molecule has 1 saturated heterocycles. The fourth-order valence-corrected chi connectivity index (χ4v) is 6.62. The largest absolute Gasteiger partial charge is 0.454 e. The smallest absolute Gasteiger partial charge is 0.231 e. The quantitative estimate of drug-likeness (QED) is 0.512. The van der Waals surface area contributed by atoms with Crippen molar-refractivity contribution in [2.45, 2.75) is 70.3 Å². The molecule has 2 heterocycles. The van der Waals surface area contributed by atoms with Crippen LogP contribution in [0.1, 0.15) is 64.2 Å². The molecule has 4 aliphatic rings. The van der Waals surface area contributed by atoms with E-state index < -0.39 is 0 Å². The van der Waals surface area contributed by atoms with Gasteiger partial charge in [-0.2, -0.15) is 0 Å². The van der Waals surface area contributed by atoms with Crippen molar-refractivity contribution in [1.29, 1.82) is 0 Å². The number of nitrogens with zero attached hydrogens (tertiary/aromatic N) is 2. The number of rotatable bonds is 9. The maximum Gasteiger partial charge on any atom is 0.231 e. The van der Waals surface area contributed by atoms with E-state index in [4.69, 9.17) is 14.2 Å². The SMILES string of the molecule is CO[C@@H]1CC[C@@H](CC(=O)CC2CCC(CCN3CCN(c4cccc5c4OCO5)CC3)CC2)C1. The molecule has 34 heavy (non-hydrogen) atoms. The average Bonchev–Trinajstić information content (AvgIpc) is 3.53. The molecule has 0 radical (unpaired) electrons. The fraction of sp³-hybridized carbons (Fsp3) is 0.750. The molecule has 0 amide bonds. The van der Waals surface area contributed by atoms with E-state index in [1.807, 2.05) is 6.07 Å². The number of hydrogen-bond donors (Lipinski definition) is 0. The number of ketones is 1. The first-order valence-electron chi connectivity index (χ1n) is 13.6. The minimum atomic E-state index is 0.331. The van der Waals surface area contributed by atoms with Crippen LogP contribution in [-0.2, 0) is 9.53 Å². The lowest BCUT2D eigenvalue weighted by molar-refractivity contribution is -0.121. The summed E-state index contributed by atoms with van der Waals surface area (Å²) in [6, 6.07) is 6.19. The number of anilines is 1. The third kappa shape index (κ3) is 5.88. The Labute approximate surface area is 204 Å². The molecule has 188 valence electrons. The van der Waals surface area contributed by atoms with Crippen molar-refractivity contribution in [3.8, 4) is 11.5 Å². The fourth-order valence-electron chi connectivity index (χ4n) is 6.62. The highest BCUT2D eigenvalue weighted by atomic mass is 16.7. The standard InChI is InChI=1S/C28H42N2O4/c1-32-25-10-9-23(19-25)18-24(31)17-22-7-5-21(6-8-22)11-12-29-13-15-30(16-14-29)26-3-2-4-27-28(26)34-20-33-27/h2-4,21-23,25H,5-20H2,1H3/t21?,22?,23-,25+/m0/s1. The van der Waals surface area contributed by atoms with Crippen LogP contribution in [0.15, 0.2) is 18.2 Å². The lowest BCUT2D eigenvalue weighted by Gasteiger charge is -2.37. The summed E-state index contributed by atoms with van der Waals surface area (Å²) < 4.78 is 16.7. The van der Waals surface area contributed by atoms with E-state index in [1.54, 1.807) is 7.11 Å². The molecular weight excluding hydrogens is 428 g/mol. The van der Waals surface area contributed by atoms with E-state index in [2.05, 4.69) is 21.9 Å². The van der Waals surface area contributed by atoms with Gasteiger partial charge in [0.1, 0.15) is 5.78 Å². The first-order valence-corrected chi connectivity index (χ1v) is 13.6. The Morgan fingerprint density at radius 1 is 0.941 bits per heavy atom. The maximum absolute atomic E-state index is 12.6. The van der Waals surface area contributed by atoms with Gasteiger partial charge in [-0.3, -0.25) is 9.69 Å². The van der Waals surface area contributed by atoms with Crippen LogP contribution in [-0.4, -0.2) is 63.4 Å². The zero-order chi connectivity index (χ0) is 23.3. The third-order valence-electron chi connectivity index (χ3n) is 8.77. The van der Waals surface area contributed by atoms with Gasteiger partial charge >= 0.3 is 0 Å². The Hall–Kier alpha value is -1.79. The Morgan fingerprint density at radius 2 is 1.68 bits per heavy atom. The molecule has 2 aliphatic carbocycles. The summed E-state index contributed by atoms with van der Waals surface area (Å²) in [5.41, 5.74) is 1.17. The zero-order valence-electron chi connectivity index (χ0n) is 20.9. The molecule has 6 heteroatoms. The number of para-hydroxylation sites is 1. The summed E-state index contributed by atoms with van der Waals surface area (Å²) >= 11 is 0. The van der Waals surface area contributed by atoms with Crippen LogP contribution in [0.5, 0.6) is 11.5 Å². The van der Waals surface area contributed by atoms with E-state index in [9.17, 15) is 4.79 Å². The van der Waals surface area contributed by atoms with Crippen molar-refractivity contribution >= 4 is 11.5 Å². The molecular formula is C28H42N2O4. The highest BCUT2D eigenvalue weighted by Gasteiger charge is 2.29. The molecule has 0 spiro atoms. The van der Waals surface area contributed by atoms with E-state index in [0.717, 1.165) is 69.3 Å². The van der Waals surface area contributed by atoms with Crippen molar-refractivity contribution in [3.63, 3.8) is 0 Å². The van der Waals surface area contributed by atoms with Crippen LogP contribution >= 0.6 is 0 Å². The second kappa shape index (κ2) is 11.3.